The van der Waals surface area contributed by atoms with Gasteiger partial charge in [0.1, 0.15) is 5.91 Å². The molecule has 4 nitrogen and oxygen atoms in total. The molecule has 0 aliphatic rings. The van der Waals surface area contributed by atoms with E-state index in [1.54, 1.807) is 0 Å². The summed E-state index contributed by atoms with van der Waals surface area (Å²) in [6.45, 7) is 8.31. The van der Waals surface area contributed by atoms with Gasteiger partial charge in [-0.2, -0.15) is 0 Å². The summed E-state index contributed by atoms with van der Waals surface area (Å²) in [5.41, 5.74) is 0. The Morgan fingerprint density at radius 2 is 1.88 bits per heavy atom. The summed E-state index contributed by atoms with van der Waals surface area (Å²) >= 11 is 0. The summed E-state index contributed by atoms with van der Waals surface area (Å²) in [5.74, 6) is -1.01. The van der Waals surface area contributed by atoms with Crippen LogP contribution < -0.4 is 0 Å². The highest BCUT2D eigenvalue weighted by molar-refractivity contribution is 6.44. The minimum absolute atomic E-state index is 0.137. The zero-order chi connectivity index (χ0) is 12.4. The molecule has 0 heterocycles. The van der Waals surface area contributed by atoms with Crippen molar-refractivity contribution in [2.75, 3.05) is 13.2 Å². The Hall–Kier alpha value is -0.783. The Balaban J connectivity index is 3.80. The molecule has 0 amide bonds. The maximum atomic E-state index is 11.2. The van der Waals surface area contributed by atoms with Gasteiger partial charge in [-0.3, -0.25) is 9.59 Å². The van der Waals surface area contributed by atoms with Crippen LogP contribution >= 0.6 is 0 Å². The van der Waals surface area contributed by atoms with E-state index >= 15 is 0 Å². The second-order valence-electron chi connectivity index (χ2n) is 3.22. The highest BCUT2D eigenvalue weighted by Gasteiger charge is 2.13. The number of Topliss-reactive ketones (excluding diaryl/α,β-unsaturated/α-hetero) is 1. The number of rotatable bonds is 10. The van der Waals surface area contributed by atoms with Crippen LogP contribution in [0.5, 0.6) is 0 Å². The average molecular weight is 244 g/mol. The molecule has 0 rings (SSSR count). The molecule has 0 aliphatic carbocycles. The average Bonchev–Trinajstić information content (AvgIpc) is 2.28. The summed E-state index contributed by atoms with van der Waals surface area (Å²) in [4.78, 5) is 22.1. The van der Waals surface area contributed by atoms with Crippen LogP contribution in [0, 0.1) is 0 Å². The normalized spacial score (nSPS) is 11.2. The van der Waals surface area contributed by atoms with Crippen LogP contribution in [0.15, 0.2) is 12.7 Å². The molecular weight excluding hydrogens is 224 g/mol. The third kappa shape index (κ3) is 6.65. The third-order valence-electron chi connectivity index (χ3n) is 2.01. The van der Waals surface area contributed by atoms with E-state index in [-0.39, 0.29) is 18.1 Å². The second kappa shape index (κ2) is 9.44. The minimum Gasteiger partial charge on any atom is -0.357 e. The van der Waals surface area contributed by atoms with Gasteiger partial charge in [0.25, 0.3) is 0 Å². The zero-order valence-corrected chi connectivity index (χ0v) is 11.4. The lowest BCUT2D eigenvalue weighted by atomic mass is 10.2. The van der Waals surface area contributed by atoms with Crippen molar-refractivity contribution in [2.24, 2.45) is 0 Å². The van der Waals surface area contributed by atoms with E-state index in [2.05, 4.69) is 6.58 Å². The van der Waals surface area contributed by atoms with Crippen molar-refractivity contribution in [1.82, 2.24) is 0 Å². The molecule has 5 heteroatoms. The van der Waals surface area contributed by atoms with Gasteiger partial charge in [-0.25, -0.2) is 0 Å². The number of hydrogen-bond acceptors (Lipinski definition) is 4. The first-order chi connectivity index (χ1) is 7.65. The van der Waals surface area contributed by atoms with Crippen molar-refractivity contribution in [3.05, 3.63) is 12.7 Å². The van der Waals surface area contributed by atoms with E-state index in [0.717, 1.165) is 12.1 Å². The molecule has 0 aromatic rings. The van der Waals surface area contributed by atoms with Crippen molar-refractivity contribution in [3.63, 3.8) is 0 Å². The molecule has 0 spiro atoms. The molecule has 0 fully saturated rings. The first-order valence-electron chi connectivity index (χ1n) is 5.58. The molecule has 0 aromatic heterocycles. The SMILES string of the molecule is C=CC(=O)C(=O)CC[SiH2]C(OCC)OCC. The smallest absolute Gasteiger partial charge is 0.220 e. The Morgan fingerprint density at radius 3 is 2.31 bits per heavy atom. The van der Waals surface area contributed by atoms with Gasteiger partial charge in [0.15, 0.2) is 0 Å². The van der Waals surface area contributed by atoms with E-state index in [4.69, 9.17) is 9.47 Å². The molecule has 16 heavy (non-hydrogen) atoms. The maximum absolute atomic E-state index is 11.2. The molecule has 0 saturated heterocycles. The van der Waals surface area contributed by atoms with Gasteiger partial charge in [0.2, 0.25) is 11.6 Å². The molecule has 0 N–H and O–H groups in total. The van der Waals surface area contributed by atoms with Crippen molar-refractivity contribution < 1.29 is 19.1 Å². The summed E-state index contributed by atoms with van der Waals surface area (Å²) in [7, 11) is -0.631. The molecule has 92 valence electrons. The van der Waals surface area contributed by atoms with Gasteiger partial charge in [0.05, 0.1) is 9.52 Å². The lowest BCUT2D eigenvalue weighted by molar-refractivity contribution is -0.133. The standard InChI is InChI=1S/C11H20O4Si/c1-4-9(12)10(13)7-8-16-11(14-5-2)15-6-3/h4,11H,1,5-8,16H2,2-3H3. The van der Waals surface area contributed by atoms with Crippen molar-refractivity contribution in [1.29, 1.82) is 0 Å². The fourth-order valence-electron chi connectivity index (χ4n) is 1.25. The topological polar surface area (TPSA) is 52.6 Å². The number of carbonyl (C=O) groups excluding carboxylic acids is 2. The van der Waals surface area contributed by atoms with Crippen molar-refractivity contribution in [2.45, 2.75) is 32.2 Å². The molecule has 0 atom stereocenters. The molecule has 0 aromatic carbocycles. The predicted octanol–water partition coefficient (Wildman–Crippen LogP) is 0.644. The van der Waals surface area contributed by atoms with Crippen LogP contribution in [0.2, 0.25) is 6.04 Å². The maximum Gasteiger partial charge on any atom is 0.220 e. The van der Waals surface area contributed by atoms with Gasteiger partial charge < -0.3 is 9.47 Å². The van der Waals surface area contributed by atoms with Crippen LogP contribution in [0.3, 0.4) is 0 Å². The van der Waals surface area contributed by atoms with Crippen LogP contribution in [-0.4, -0.2) is 40.2 Å². The number of ketones is 2. The fraction of sp³-hybridized carbons (Fsp3) is 0.636. The Kier molecular flexibility index (Phi) is 8.98. The lowest BCUT2D eigenvalue weighted by Gasteiger charge is -2.15. The molecule has 0 saturated carbocycles. The Labute approximate surface area is 98.8 Å². The number of allylic oxidation sites excluding steroid dienone is 1. The number of ether oxygens (including phenoxy) is 2. The summed E-state index contributed by atoms with van der Waals surface area (Å²) in [5, 5.41) is 0. The lowest BCUT2D eigenvalue weighted by Crippen LogP contribution is -2.25. The second-order valence-corrected chi connectivity index (χ2v) is 5.18. The largest absolute Gasteiger partial charge is 0.357 e. The van der Waals surface area contributed by atoms with Crippen molar-refractivity contribution >= 4 is 21.1 Å². The van der Waals surface area contributed by atoms with Gasteiger partial charge >= 0.3 is 0 Å². The van der Waals surface area contributed by atoms with E-state index < -0.39 is 15.3 Å². The number of hydrogen-bond donors (Lipinski definition) is 0. The molecule has 0 radical (unpaired) electrons. The van der Waals surface area contributed by atoms with Gasteiger partial charge in [-0.15, -0.1) is 0 Å². The minimum atomic E-state index is -0.631. The van der Waals surface area contributed by atoms with Gasteiger partial charge in [-0.05, 0) is 19.9 Å². The fourth-order valence-corrected chi connectivity index (χ4v) is 2.92. The van der Waals surface area contributed by atoms with Crippen LogP contribution in [0.25, 0.3) is 0 Å². The predicted molar refractivity (Wildman–Crippen MR) is 65.2 cm³/mol. The Bertz CT molecular complexity index is 234. The van der Waals surface area contributed by atoms with Crippen LogP contribution in [0.1, 0.15) is 20.3 Å². The molecule has 0 aliphatic heterocycles. The van der Waals surface area contributed by atoms with E-state index in [1.165, 1.54) is 0 Å². The first kappa shape index (κ1) is 15.2. The van der Waals surface area contributed by atoms with Crippen LogP contribution in [0.4, 0.5) is 0 Å². The summed E-state index contributed by atoms with van der Waals surface area (Å²) in [6, 6.07) is 0.725. The van der Waals surface area contributed by atoms with Gasteiger partial charge in [-0.1, -0.05) is 12.6 Å². The van der Waals surface area contributed by atoms with E-state index in [1.807, 2.05) is 13.8 Å². The van der Waals surface area contributed by atoms with Gasteiger partial charge in [0, 0.05) is 19.6 Å². The van der Waals surface area contributed by atoms with E-state index in [0.29, 0.717) is 13.2 Å². The molecular formula is C11H20O4Si. The molecule has 0 unspecified atom stereocenters. The summed E-state index contributed by atoms with van der Waals surface area (Å²) in [6.07, 6.45) is 1.35. The molecule has 0 bridgehead atoms. The number of carbonyl (C=O) groups is 2. The zero-order valence-electron chi connectivity index (χ0n) is 10.0. The Morgan fingerprint density at radius 1 is 1.31 bits per heavy atom. The third-order valence-corrected chi connectivity index (χ3v) is 3.71. The first-order valence-corrected chi connectivity index (χ1v) is 7.40. The van der Waals surface area contributed by atoms with Crippen LogP contribution in [-0.2, 0) is 19.1 Å². The highest BCUT2D eigenvalue weighted by atomic mass is 28.2. The highest BCUT2D eigenvalue weighted by Crippen LogP contribution is 2.00. The monoisotopic (exact) mass is 244 g/mol. The van der Waals surface area contributed by atoms with E-state index in [9.17, 15) is 9.59 Å². The van der Waals surface area contributed by atoms with Crippen molar-refractivity contribution in [3.8, 4) is 0 Å². The quantitative estimate of drug-likeness (QED) is 0.245. The summed E-state index contributed by atoms with van der Waals surface area (Å²) < 4.78 is 10.7.